The second-order valence-corrected chi connectivity index (χ2v) is 8.41. The zero-order valence-electron chi connectivity index (χ0n) is 18.4. The van der Waals surface area contributed by atoms with E-state index in [1.807, 2.05) is 19.1 Å². The molecule has 0 atom stereocenters. The Bertz CT molecular complexity index is 1430. The number of nitrogens with one attached hydrogen (secondary N) is 2. The molecule has 2 N–H and O–H groups in total. The molecule has 2 aromatic heterocycles. The number of carbonyl (C=O) groups excluding carboxylic acids is 2. The quantitative estimate of drug-likeness (QED) is 0.509. The van der Waals surface area contributed by atoms with E-state index in [0.717, 1.165) is 39.0 Å². The molecular formula is C25H23N5O2. The van der Waals surface area contributed by atoms with Crippen LogP contribution < -0.4 is 10.6 Å². The summed E-state index contributed by atoms with van der Waals surface area (Å²) in [6.07, 6.45) is 0.284. The molecule has 0 aliphatic carbocycles. The minimum absolute atomic E-state index is 0.0607. The van der Waals surface area contributed by atoms with Crippen LogP contribution in [-0.4, -0.2) is 26.6 Å². The molecule has 0 bridgehead atoms. The normalized spacial score (nSPS) is 12.7. The fourth-order valence-corrected chi connectivity index (χ4v) is 4.26. The molecule has 0 saturated heterocycles. The van der Waals surface area contributed by atoms with Crippen LogP contribution in [0.15, 0.2) is 42.5 Å². The van der Waals surface area contributed by atoms with Crippen molar-refractivity contribution in [2.75, 3.05) is 10.6 Å². The summed E-state index contributed by atoms with van der Waals surface area (Å²) in [6.45, 7) is 8.06. The third kappa shape index (κ3) is 3.41. The summed E-state index contributed by atoms with van der Waals surface area (Å²) in [6, 6.07) is 13.3. The summed E-state index contributed by atoms with van der Waals surface area (Å²) in [7, 11) is 0. The number of carbonyl (C=O) groups is 2. The Morgan fingerprint density at radius 1 is 1.03 bits per heavy atom. The first-order valence-electron chi connectivity index (χ1n) is 10.5. The number of aryl methyl sites for hydroxylation is 4. The van der Waals surface area contributed by atoms with E-state index in [1.165, 1.54) is 5.56 Å². The molecule has 3 heterocycles. The third-order valence-corrected chi connectivity index (χ3v) is 5.72. The predicted octanol–water partition coefficient (Wildman–Crippen LogP) is 4.40. The summed E-state index contributed by atoms with van der Waals surface area (Å²) >= 11 is 0. The molecule has 0 saturated carbocycles. The molecule has 32 heavy (non-hydrogen) atoms. The minimum atomic E-state index is -0.266. The van der Waals surface area contributed by atoms with Gasteiger partial charge in [-0.15, -0.1) is 0 Å². The molecular weight excluding hydrogens is 402 g/mol. The SMILES string of the molecule is Cc1cc(C)c2nc(-n3nc(C)cc3NC(=O)c3ccc4c(c3)CC(=O)N4)cc(C)c2c1. The van der Waals surface area contributed by atoms with Crippen molar-refractivity contribution in [3.63, 3.8) is 0 Å². The average Bonchev–Trinajstić information content (AvgIpc) is 3.28. The van der Waals surface area contributed by atoms with Gasteiger partial charge in [-0.25, -0.2) is 4.98 Å². The van der Waals surface area contributed by atoms with Gasteiger partial charge >= 0.3 is 0 Å². The molecule has 0 spiro atoms. The Labute approximate surface area is 185 Å². The van der Waals surface area contributed by atoms with E-state index in [4.69, 9.17) is 4.98 Å². The van der Waals surface area contributed by atoms with Gasteiger partial charge in [0.05, 0.1) is 17.6 Å². The van der Waals surface area contributed by atoms with Gasteiger partial charge in [0.25, 0.3) is 5.91 Å². The standard InChI is InChI=1S/C25H23N5O2/c1-13-7-15(3)24-19(8-13)14(2)9-21(27-24)30-22(10-16(4)29-30)28-25(32)17-5-6-20-18(11-17)12-23(31)26-20/h5-11H,12H2,1-4H3,(H,26,31)(H,28,32). The van der Waals surface area contributed by atoms with Gasteiger partial charge < -0.3 is 10.6 Å². The van der Waals surface area contributed by atoms with E-state index in [0.29, 0.717) is 17.2 Å². The number of amides is 2. The van der Waals surface area contributed by atoms with Crippen LogP contribution in [-0.2, 0) is 11.2 Å². The van der Waals surface area contributed by atoms with Gasteiger partial charge in [0.2, 0.25) is 5.91 Å². The monoisotopic (exact) mass is 425 g/mol. The van der Waals surface area contributed by atoms with Crippen molar-refractivity contribution in [2.24, 2.45) is 0 Å². The fourth-order valence-electron chi connectivity index (χ4n) is 4.26. The number of fused-ring (bicyclic) bond motifs is 2. The van der Waals surface area contributed by atoms with Crippen LogP contribution in [0.2, 0.25) is 0 Å². The predicted molar refractivity (Wildman–Crippen MR) is 125 cm³/mol. The van der Waals surface area contributed by atoms with Crippen LogP contribution >= 0.6 is 0 Å². The van der Waals surface area contributed by atoms with Crippen LogP contribution in [0.1, 0.15) is 38.3 Å². The van der Waals surface area contributed by atoms with Crippen molar-refractivity contribution in [3.8, 4) is 5.82 Å². The average molecular weight is 425 g/mol. The molecule has 160 valence electrons. The molecule has 4 aromatic rings. The van der Waals surface area contributed by atoms with E-state index < -0.39 is 0 Å². The van der Waals surface area contributed by atoms with Crippen molar-refractivity contribution < 1.29 is 9.59 Å². The zero-order valence-corrected chi connectivity index (χ0v) is 18.4. The Balaban J connectivity index is 1.52. The Kier molecular flexibility index (Phi) is 4.55. The van der Waals surface area contributed by atoms with Gasteiger partial charge in [-0.3, -0.25) is 9.59 Å². The molecule has 2 amide bonds. The second kappa shape index (κ2) is 7.30. The summed E-state index contributed by atoms with van der Waals surface area (Å²) < 4.78 is 1.66. The highest BCUT2D eigenvalue weighted by atomic mass is 16.2. The molecule has 2 aromatic carbocycles. The lowest BCUT2D eigenvalue weighted by Gasteiger charge is -2.12. The summed E-state index contributed by atoms with van der Waals surface area (Å²) in [5, 5.41) is 11.4. The van der Waals surface area contributed by atoms with Crippen molar-refractivity contribution in [3.05, 3.63) is 76.0 Å². The lowest BCUT2D eigenvalue weighted by Crippen LogP contribution is -2.16. The topological polar surface area (TPSA) is 88.9 Å². The maximum Gasteiger partial charge on any atom is 0.256 e. The van der Waals surface area contributed by atoms with Gasteiger partial charge in [0, 0.05) is 22.7 Å². The van der Waals surface area contributed by atoms with Crippen LogP contribution in [0.3, 0.4) is 0 Å². The first-order valence-corrected chi connectivity index (χ1v) is 10.5. The number of hydrogen-bond donors (Lipinski definition) is 2. The van der Waals surface area contributed by atoms with Crippen LogP contribution in [0.5, 0.6) is 0 Å². The first kappa shape index (κ1) is 19.9. The van der Waals surface area contributed by atoms with Crippen molar-refractivity contribution in [1.82, 2.24) is 14.8 Å². The molecule has 1 aliphatic rings. The molecule has 0 unspecified atom stereocenters. The van der Waals surface area contributed by atoms with Gasteiger partial charge in [0.15, 0.2) is 5.82 Å². The maximum absolute atomic E-state index is 13.0. The molecule has 5 rings (SSSR count). The Morgan fingerprint density at radius 3 is 2.66 bits per heavy atom. The number of pyridine rings is 1. The largest absolute Gasteiger partial charge is 0.326 e. The van der Waals surface area contributed by atoms with E-state index in [-0.39, 0.29) is 18.2 Å². The molecule has 7 heteroatoms. The highest BCUT2D eigenvalue weighted by Crippen LogP contribution is 2.27. The van der Waals surface area contributed by atoms with Gasteiger partial charge in [0.1, 0.15) is 5.82 Å². The maximum atomic E-state index is 13.0. The highest BCUT2D eigenvalue weighted by molar-refractivity contribution is 6.06. The van der Waals surface area contributed by atoms with Crippen molar-refractivity contribution >= 4 is 34.2 Å². The molecule has 0 radical (unpaired) electrons. The molecule has 0 fully saturated rings. The molecule has 7 nitrogen and oxygen atoms in total. The molecule has 1 aliphatic heterocycles. The fraction of sp³-hybridized carbons (Fsp3) is 0.200. The van der Waals surface area contributed by atoms with Gasteiger partial charge in [-0.1, -0.05) is 11.6 Å². The number of anilines is 2. The number of hydrogen-bond acceptors (Lipinski definition) is 4. The van der Waals surface area contributed by atoms with E-state index in [2.05, 4.69) is 48.6 Å². The Morgan fingerprint density at radius 2 is 1.84 bits per heavy atom. The minimum Gasteiger partial charge on any atom is -0.326 e. The summed E-state index contributed by atoms with van der Waals surface area (Å²) in [5.74, 6) is 0.861. The summed E-state index contributed by atoms with van der Waals surface area (Å²) in [4.78, 5) is 29.5. The number of rotatable bonds is 3. The smallest absolute Gasteiger partial charge is 0.256 e. The highest BCUT2D eigenvalue weighted by Gasteiger charge is 2.20. The van der Waals surface area contributed by atoms with Crippen molar-refractivity contribution in [2.45, 2.75) is 34.1 Å². The van der Waals surface area contributed by atoms with Crippen molar-refractivity contribution in [1.29, 1.82) is 0 Å². The van der Waals surface area contributed by atoms with Gasteiger partial charge in [-0.05, 0) is 74.7 Å². The second-order valence-electron chi connectivity index (χ2n) is 8.41. The van der Waals surface area contributed by atoms with E-state index >= 15 is 0 Å². The van der Waals surface area contributed by atoms with Crippen LogP contribution in [0, 0.1) is 27.7 Å². The first-order chi connectivity index (χ1) is 15.3. The van der Waals surface area contributed by atoms with Crippen LogP contribution in [0.4, 0.5) is 11.5 Å². The van der Waals surface area contributed by atoms with Crippen LogP contribution in [0.25, 0.3) is 16.7 Å². The van der Waals surface area contributed by atoms with E-state index in [1.54, 1.807) is 22.9 Å². The third-order valence-electron chi connectivity index (χ3n) is 5.72. The lowest BCUT2D eigenvalue weighted by atomic mass is 10.0. The Hall–Kier alpha value is -4.00. The zero-order chi connectivity index (χ0) is 22.6. The lowest BCUT2D eigenvalue weighted by molar-refractivity contribution is -0.115. The number of nitrogens with zero attached hydrogens (tertiary/aromatic N) is 3. The number of aromatic nitrogens is 3. The number of benzene rings is 2. The van der Waals surface area contributed by atoms with E-state index in [9.17, 15) is 9.59 Å². The summed E-state index contributed by atoms with van der Waals surface area (Å²) in [5.41, 5.74) is 7.15. The van der Waals surface area contributed by atoms with Gasteiger partial charge in [-0.2, -0.15) is 9.78 Å².